The fourth-order valence-electron chi connectivity index (χ4n) is 4.04. The normalized spacial score (nSPS) is 27.2. The highest BCUT2D eigenvalue weighted by atomic mass is 16.5. The Balaban J connectivity index is 1.66. The number of nitrogens with zero attached hydrogens (tertiary/aromatic N) is 3. The molecular formula is C19H29N5O3. The smallest absolute Gasteiger partial charge is 0.252 e. The predicted molar refractivity (Wildman–Crippen MR) is 102 cm³/mol. The lowest BCUT2D eigenvalue weighted by Gasteiger charge is -2.59. The molecule has 2 fully saturated rings. The van der Waals surface area contributed by atoms with Crippen LogP contribution in [0.1, 0.15) is 37.6 Å². The number of carbonyl (C=O) groups excluding carboxylic acids is 2. The number of pyridine rings is 1. The minimum Gasteiger partial charge on any atom is -0.378 e. The molecule has 0 bridgehead atoms. The Hall–Kier alpha value is -2.19. The maximum atomic E-state index is 13.1. The number of nitrogens with two attached hydrogens (primary N) is 2. The van der Waals surface area contributed by atoms with Gasteiger partial charge in [-0.25, -0.2) is 4.98 Å². The largest absolute Gasteiger partial charge is 0.378 e. The van der Waals surface area contributed by atoms with Crippen molar-refractivity contribution in [3.05, 3.63) is 23.9 Å². The van der Waals surface area contributed by atoms with Gasteiger partial charge < -0.3 is 26.0 Å². The number of amides is 2. The van der Waals surface area contributed by atoms with Gasteiger partial charge >= 0.3 is 0 Å². The average molecular weight is 375 g/mol. The van der Waals surface area contributed by atoms with Crippen LogP contribution >= 0.6 is 0 Å². The van der Waals surface area contributed by atoms with E-state index in [4.69, 9.17) is 16.2 Å². The van der Waals surface area contributed by atoms with Gasteiger partial charge in [0.1, 0.15) is 11.4 Å². The standard InChI is InChI=1S/C19H29N5O3/c1-4-27-14-12-19(21,18(14,2)3)17(26)24-10-8-23(9-11-24)16-13(15(20)25)6-5-7-22-16/h5-7,14H,4,8-12,21H2,1-3H3,(H2,20,25). The Labute approximate surface area is 159 Å². The van der Waals surface area contributed by atoms with Crippen LogP contribution < -0.4 is 16.4 Å². The number of aromatic nitrogens is 1. The second-order valence-electron chi connectivity index (χ2n) is 7.86. The van der Waals surface area contributed by atoms with Gasteiger partial charge in [0.15, 0.2) is 0 Å². The fourth-order valence-corrected chi connectivity index (χ4v) is 4.04. The lowest BCUT2D eigenvalue weighted by molar-refractivity contribution is -0.179. The van der Waals surface area contributed by atoms with E-state index < -0.39 is 16.9 Å². The highest BCUT2D eigenvalue weighted by molar-refractivity contribution is 5.97. The fraction of sp³-hybridized carbons (Fsp3) is 0.632. The predicted octanol–water partition coefficient (Wildman–Crippen LogP) is 0.362. The number of hydrogen-bond acceptors (Lipinski definition) is 6. The van der Waals surface area contributed by atoms with Gasteiger partial charge in [-0.15, -0.1) is 0 Å². The first-order valence-electron chi connectivity index (χ1n) is 9.42. The summed E-state index contributed by atoms with van der Waals surface area (Å²) in [6.07, 6.45) is 2.18. The van der Waals surface area contributed by atoms with Crippen LogP contribution in [0.2, 0.25) is 0 Å². The molecule has 2 atom stereocenters. The molecule has 148 valence electrons. The van der Waals surface area contributed by atoms with E-state index in [0.717, 1.165) is 0 Å². The number of rotatable bonds is 5. The Morgan fingerprint density at radius 1 is 1.30 bits per heavy atom. The molecule has 2 aliphatic rings. The Kier molecular flexibility index (Phi) is 5.14. The highest BCUT2D eigenvalue weighted by Gasteiger charge is 2.63. The maximum Gasteiger partial charge on any atom is 0.252 e. The van der Waals surface area contributed by atoms with E-state index in [1.807, 2.05) is 30.6 Å². The van der Waals surface area contributed by atoms with Crippen LogP contribution in [0.3, 0.4) is 0 Å². The van der Waals surface area contributed by atoms with Gasteiger partial charge in [-0.05, 0) is 19.1 Å². The zero-order chi connectivity index (χ0) is 19.8. The van der Waals surface area contributed by atoms with Crippen LogP contribution in [-0.4, -0.2) is 66.1 Å². The summed E-state index contributed by atoms with van der Waals surface area (Å²) < 4.78 is 5.73. The van der Waals surface area contributed by atoms with E-state index in [1.165, 1.54) is 0 Å². The van der Waals surface area contributed by atoms with Crippen LogP contribution in [0.25, 0.3) is 0 Å². The van der Waals surface area contributed by atoms with Gasteiger partial charge in [0.25, 0.3) is 5.91 Å². The molecule has 1 aliphatic carbocycles. The van der Waals surface area contributed by atoms with Crippen molar-refractivity contribution < 1.29 is 14.3 Å². The first-order chi connectivity index (χ1) is 12.7. The molecule has 2 amide bonds. The molecule has 8 nitrogen and oxygen atoms in total. The number of piperazine rings is 1. The molecule has 2 heterocycles. The minimum absolute atomic E-state index is 0.00406. The SMILES string of the molecule is CCOC1CC(N)(C(=O)N2CCN(c3ncccc3C(N)=O)CC2)C1(C)C. The number of hydrogen-bond donors (Lipinski definition) is 2. The quantitative estimate of drug-likeness (QED) is 0.768. The van der Waals surface area contributed by atoms with Crippen molar-refractivity contribution >= 4 is 17.6 Å². The zero-order valence-electron chi connectivity index (χ0n) is 16.3. The summed E-state index contributed by atoms with van der Waals surface area (Å²) in [6.45, 7) is 8.78. The molecule has 4 N–H and O–H groups in total. The van der Waals surface area contributed by atoms with Gasteiger partial charge in [0, 0.05) is 50.8 Å². The summed E-state index contributed by atoms with van der Waals surface area (Å²) in [4.78, 5) is 32.9. The summed E-state index contributed by atoms with van der Waals surface area (Å²) in [5, 5.41) is 0. The van der Waals surface area contributed by atoms with Crippen LogP contribution in [0.5, 0.6) is 0 Å². The van der Waals surface area contributed by atoms with E-state index in [-0.39, 0.29) is 12.0 Å². The number of ether oxygens (including phenoxy) is 1. The average Bonchev–Trinajstić information content (AvgIpc) is 2.67. The van der Waals surface area contributed by atoms with E-state index in [9.17, 15) is 9.59 Å². The first-order valence-corrected chi connectivity index (χ1v) is 9.42. The van der Waals surface area contributed by atoms with E-state index in [2.05, 4.69) is 4.98 Å². The summed E-state index contributed by atoms with van der Waals surface area (Å²) in [6, 6.07) is 3.36. The van der Waals surface area contributed by atoms with Crippen molar-refractivity contribution in [1.82, 2.24) is 9.88 Å². The van der Waals surface area contributed by atoms with Crippen molar-refractivity contribution in [2.75, 3.05) is 37.7 Å². The molecule has 3 rings (SSSR count). The van der Waals surface area contributed by atoms with Crippen LogP contribution in [0.15, 0.2) is 18.3 Å². The topological polar surface area (TPSA) is 115 Å². The second kappa shape index (κ2) is 7.09. The third-order valence-electron chi connectivity index (χ3n) is 6.13. The molecule has 1 saturated carbocycles. The first kappa shape index (κ1) is 19.6. The van der Waals surface area contributed by atoms with Gasteiger partial charge in [-0.2, -0.15) is 0 Å². The summed E-state index contributed by atoms with van der Waals surface area (Å²) in [5.74, 6) is 0.0369. The van der Waals surface area contributed by atoms with Gasteiger partial charge in [0.05, 0.1) is 11.7 Å². The minimum atomic E-state index is -0.904. The second-order valence-corrected chi connectivity index (χ2v) is 7.86. The molecule has 1 aromatic heterocycles. The Morgan fingerprint density at radius 2 is 1.96 bits per heavy atom. The van der Waals surface area contributed by atoms with Crippen molar-refractivity contribution in [1.29, 1.82) is 0 Å². The van der Waals surface area contributed by atoms with Gasteiger partial charge in [-0.1, -0.05) is 13.8 Å². The Bertz CT molecular complexity index is 730. The summed E-state index contributed by atoms with van der Waals surface area (Å²) in [7, 11) is 0. The van der Waals surface area contributed by atoms with Crippen LogP contribution in [0.4, 0.5) is 5.82 Å². The third kappa shape index (κ3) is 3.17. The number of anilines is 1. The van der Waals surface area contributed by atoms with Crippen LogP contribution in [-0.2, 0) is 9.53 Å². The van der Waals surface area contributed by atoms with E-state index >= 15 is 0 Å². The van der Waals surface area contributed by atoms with E-state index in [0.29, 0.717) is 50.6 Å². The van der Waals surface area contributed by atoms with Gasteiger partial charge in [-0.3, -0.25) is 9.59 Å². The van der Waals surface area contributed by atoms with Crippen molar-refractivity contribution in [2.45, 2.75) is 38.8 Å². The molecule has 1 saturated heterocycles. The molecule has 27 heavy (non-hydrogen) atoms. The number of primary amides is 1. The van der Waals surface area contributed by atoms with Crippen molar-refractivity contribution in [2.24, 2.45) is 16.9 Å². The molecule has 1 aliphatic heterocycles. The lowest BCUT2D eigenvalue weighted by Crippen LogP contribution is -2.76. The molecule has 1 aromatic rings. The monoisotopic (exact) mass is 375 g/mol. The van der Waals surface area contributed by atoms with Crippen LogP contribution in [0, 0.1) is 5.41 Å². The number of carbonyl (C=O) groups is 2. The Morgan fingerprint density at radius 3 is 2.52 bits per heavy atom. The zero-order valence-corrected chi connectivity index (χ0v) is 16.3. The lowest BCUT2D eigenvalue weighted by atomic mass is 9.54. The maximum absolute atomic E-state index is 13.1. The molecular weight excluding hydrogens is 346 g/mol. The molecule has 8 heteroatoms. The van der Waals surface area contributed by atoms with E-state index in [1.54, 1.807) is 18.3 Å². The third-order valence-corrected chi connectivity index (χ3v) is 6.13. The van der Waals surface area contributed by atoms with Gasteiger partial charge in [0.2, 0.25) is 5.91 Å². The van der Waals surface area contributed by atoms with Crippen molar-refractivity contribution in [3.8, 4) is 0 Å². The highest BCUT2D eigenvalue weighted by Crippen LogP contribution is 2.50. The summed E-state index contributed by atoms with van der Waals surface area (Å²) in [5.41, 5.74) is 11.1. The summed E-state index contributed by atoms with van der Waals surface area (Å²) >= 11 is 0. The molecule has 0 radical (unpaired) electrons. The van der Waals surface area contributed by atoms with Crippen molar-refractivity contribution in [3.63, 3.8) is 0 Å². The molecule has 0 aromatic carbocycles. The molecule has 0 spiro atoms. The molecule has 2 unspecified atom stereocenters.